The predicted octanol–water partition coefficient (Wildman–Crippen LogP) is 3.27. The highest BCUT2D eigenvalue weighted by atomic mass is 16.2. The molecule has 0 radical (unpaired) electrons. The second kappa shape index (κ2) is 8.55. The van der Waals surface area contributed by atoms with E-state index in [2.05, 4.69) is 20.4 Å². The molecule has 0 saturated carbocycles. The van der Waals surface area contributed by atoms with Gasteiger partial charge in [0.2, 0.25) is 5.95 Å². The number of unbranched alkanes of at least 4 members (excludes halogenated alkanes) is 1. The van der Waals surface area contributed by atoms with Crippen molar-refractivity contribution in [2.24, 2.45) is 7.05 Å². The molecule has 2 heterocycles. The fraction of sp³-hybridized carbons (Fsp3) is 0.300. The molecule has 1 aromatic carbocycles. The van der Waals surface area contributed by atoms with Crippen LogP contribution in [0.2, 0.25) is 0 Å². The summed E-state index contributed by atoms with van der Waals surface area (Å²) in [5.41, 5.74) is 4.19. The lowest BCUT2D eigenvalue weighted by Crippen LogP contribution is -2.01. The zero-order valence-electron chi connectivity index (χ0n) is 15.5. The fourth-order valence-corrected chi connectivity index (χ4v) is 2.77. The Kier molecular flexibility index (Phi) is 5.93. The molecule has 0 atom stereocenters. The van der Waals surface area contributed by atoms with Crippen molar-refractivity contribution in [1.82, 2.24) is 19.7 Å². The fourth-order valence-electron chi connectivity index (χ4n) is 2.77. The largest absolute Gasteiger partial charge is 0.396 e. The molecule has 27 heavy (non-hydrogen) atoms. The van der Waals surface area contributed by atoms with Crippen molar-refractivity contribution in [3.05, 3.63) is 54.0 Å². The molecule has 0 bridgehead atoms. The number of ketones is 1. The van der Waals surface area contributed by atoms with Crippen LogP contribution in [0.25, 0.3) is 11.3 Å². The summed E-state index contributed by atoms with van der Waals surface area (Å²) in [5.74, 6) is 0.584. The highest BCUT2D eigenvalue weighted by Gasteiger charge is 2.10. The van der Waals surface area contributed by atoms with Crippen LogP contribution in [0.4, 0.5) is 11.6 Å². The average molecular weight is 365 g/mol. The Labute approximate surface area is 158 Å². The van der Waals surface area contributed by atoms with Crippen LogP contribution in [-0.2, 0) is 7.05 Å². The normalized spacial score (nSPS) is 10.8. The average Bonchev–Trinajstić information content (AvgIpc) is 3.08. The van der Waals surface area contributed by atoms with Crippen LogP contribution in [0.3, 0.4) is 0 Å². The summed E-state index contributed by atoms with van der Waals surface area (Å²) in [4.78, 5) is 21.1. The SMILES string of the molecule is Cc1cnc(Nc2cnn(C)c2)nc1-c1ccc(C(=O)CCCCO)cc1. The molecule has 140 valence electrons. The van der Waals surface area contributed by atoms with E-state index < -0.39 is 0 Å². The van der Waals surface area contributed by atoms with Crippen molar-refractivity contribution in [2.45, 2.75) is 26.2 Å². The smallest absolute Gasteiger partial charge is 0.227 e. The summed E-state index contributed by atoms with van der Waals surface area (Å²) in [5, 5.41) is 16.1. The topological polar surface area (TPSA) is 92.9 Å². The van der Waals surface area contributed by atoms with Crippen molar-refractivity contribution < 1.29 is 9.90 Å². The van der Waals surface area contributed by atoms with E-state index >= 15 is 0 Å². The second-order valence-corrected chi connectivity index (χ2v) is 6.43. The minimum atomic E-state index is 0.0911. The number of carbonyl (C=O) groups excluding carboxylic acids is 1. The minimum absolute atomic E-state index is 0.0911. The molecule has 0 fully saturated rings. The van der Waals surface area contributed by atoms with Gasteiger partial charge in [-0.15, -0.1) is 0 Å². The number of Topliss-reactive ketones (excluding diaryl/α,β-unsaturated/α-hetero) is 1. The van der Waals surface area contributed by atoms with E-state index in [1.807, 2.05) is 44.4 Å². The Hall–Kier alpha value is -3.06. The lowest BCUT2D eigenvalue weighted by atomic mass is 10.0. The molecule has 0 unspecified atom stereocenters. The Morgan fingerprint density at radius 3 is 2.63 bits per heavy atom. The molecule has 0 saturated heterocycles. The zero-order valence-corrected chi connectivity index (χ0v) is 15.5. The summed E-state index contributed by atoms with van der Waals surface area (Å²) in [6, 6.07) is 7.46. The van der Waals surface area contributed by atoms with Crippen LogP contribution in [0.15, 0.2) is 42.9 Å². The number of hydrogen-bond donors (Lipinski definition) is 2. The number of aryl methyl sites for hydroxylation is 2. The zero-order chi connectivity index (χ0) is 19.2. The number of anilines is 2. The molecule has 0 aliphatic heterocycles. The number of aromatic nitrogens is 4. The van der Waals surface area contributed by atoms with Gasteiger partial charge in [-0.3, -0.25) is 9.48 Å². The standard InChI is InChI=1S/C20H23N5O2/c1-14-11-21-20(23-17-12-22-25(2)13-17)24-19(14)16-8-6-15(7-9-16)18(27)5-3-4-10-26/h6-9,11-13,26H,3-5,10H2,1-2H3,(H,21,23,24). The number of rotatable bonds is 8. The highest BCUT2D eigenvalue weighted by Crippen LogP contribution is 2.24. The third-order valence-corrected chi connectivity index (χ3v) is 4.22. The number of hydrogen-bond acceptors (Lipinski definition) is 6. The van der Waals surface area contributed by atoms with Crippen LogP contribution >= 0.6 is 0 Å². The first-order valence-corrected chi connectivity index (χ1v) is 8.90. The predicted molar refractivity (Wildman–Crippen MR) is 104 cm³/mol. The number of benzene rings is 1. The van der Waals surface area contributed by atoms with E-state index in [1.165, 1.54) is 0 Å². The van der Waals surface area contributed by atoms with Crippen LogP contribution in [0.5, 0.6) is 0 Å². The molecule has 0 spiro atoms. The van der Waals surface area contributed by atoms with E-state index in [0.29, 0.717) is 30.8 Å². The second-order valence-electron chi connectivity index (χ2n) is 6.43. The van der Waals surface area contributed by atoms with Crippen molar-refractivity contribution in [2.75, 3.05) is 11.9 Å². The van der Waals surface area contributed by atoms with Gasteiger partial charge < -0.3 is 10.4 Å². The molecule has 0 aliphatic carbocycles. The molecule has 3 aromatic rings. The lowest BCUT2D eigenvalue weighted by molar-refractivity contribution is 0.0977. The minimum Gasteiger partial charge on any atom is -0.396 e. The van der Waals surface area contributed by atoms with Gasteiger partial charge >= 0.3 is 0 Å². The van der Waals surface area contributed by atoms with Gasteiger partial charge in [0.05, 0.1) is 17.6 Å². The highest BCUT2D eigenvalue weighted by molar-refractivity contribution is 5.96. The maximum atomic E-state index is 12.2. The third kappa shape index (κ3) is 4.77. The van der Waals surface area contributed by atoms with E-state index in [4.69, 9.17) is 5.11 Å². The number of carbonyl (C=O) groups is 1. The van der Waals surface area contributed by atoms with Gasteiger partial charge in [0, 0.05) is 43.6 Å². The molecule has 2 aromatic heterocycles. The summed E-state index contributed by atoms with van der Waals surface area (Å²) in [6.45, 7) is 2.08. The quantitative estimate of drug-likeness (QED) is 0.470. The van der Waals surface area contributed by atoms with Crippen LogP contribution in [-0.4, -0.2) is 37.2 Å². The van der Waals surface area contributed by atoms with Gasteiger partial charge in [0.1, 0.15) is 0 Å². The summed E-state index contributed by atoms with van der Waals surface area (Å²) < 4.78 is 1.70. The number of aliphatic hydroxyl groups is 1. The Morgan fingerprint density at radius 1 is 1.19 bits per heavy atom. The van der Waals surface area contributed by atoms with Crippen LogP contribution in [0.1, 0.15) is 35.2 Å². The summed E-state index contributed by atoms with van der Waals surface area (Å²) in [7, 11) is 1.85. The molecular weight excluding hydrogens is 342 g/mol. The van der Waals surface area contributed by atoms with Crippen molar-refractivity contribution in [1.29, 1.82) is 0 Å². The molecule has 2 N–H and O–H groups in total. The first-order chi connectivity index (χ1) is 13.1. The van der Waals surface area contributed by atoms with Crippen molar-refractivity contribution in [3.8, 4) is 11.3 Å². The van der Waals surface area contributed by atoms with Gasteiger partial charge in [-0.25, -0.2) is 9.97 Å². The summed E-state index contributed by atoms with van der Waals surface area (Å²) in [6.07, 6.45) is 7.13. The van der Waals surface area contributed by atoms with E-state index in [1.54, 1.807) is 17.1 Å². The molecule has 7 nitrogen and oxygen atoms in total. The van der Waals surface area contributed by atoms with Crippen LogP contribution in [0, 0.1) is 6.92 Å². The van der Waals surface area contributed by atoms with Gasteiger partial charge in [0.15, 0.2) is 5.78 Å². The first-order valence-electron chi connectivity index (χ1n) is 8.90. The van der Waals surface area contributed by atoms with Gasteiger partial charge in [0.25, 0.3) is 0 Å². The number of aliphatic hydroxyl groups excluding tert-OH is 1. The molecule has 3 rings (SSSR count). The monoisotopic (exact) mass is 365 g/mol. The molecule has 7 heteroatoms. The maximum Gasteiger partial charge on any atom is 0.227 e. The number of nitrogens with one attached hydrogen (secondary N) is 1. The Bertz CT molecular complexity index is 918. The van der Waals surface area contributed by atoms with Gasteiger partial charge in [-0.2, -0.15) is 5.10 Å². The van der Waals surface area contributed by atoms with Crippen molar-refractivity contribution in [3.63, 3.8) is 0 Å². The summed E-state index contributed by atoms with van der Waals surface area (Å²) >= 11 is 0. The molecular formula is C20H23N5O2. The Morgan fingerprint density at radius 2 is 1.96 bits per heavy atom. The molecule has 0 aliphatic rings. The van der Waals surface area contributed by atoms with Gasteiger partial charge in [-0.05, 0) is 25.3 Å². The number of nitrogens with zero attached hydrogens (tertiary/aromatic N) is 4. The third-order valence-electron chi connectivity index (χ3n) is 4.22. The van der Waals surface area contributed by atoms with Crippen LogP contribution < -0.4 is 5.32 Å². The molecule has 0 amide bonds. The van der Waals surface area contributed by atoms with E-state index in [9.17, 15) is 4.79 Å². The lowest BCUT2D eigenvalue weighted by Gasteiger charge is -2.09. The Balaban J connectivity index is 1.77. The van der Waals surface area contributed by atoms with Crippen molar-refractivity contribution >= 4 is 17.4 Å². The van der Waals surface area contributed by atoms with Gasteiger partial charge in [-0.1, -0.05) is 24.3 Å². The maximum absolute atomic E-state index is 12.2. The van der Waals surface area contributed by atoms with E-state index in [0.717, 1.165) is 22.5 Å². The van der Waals surface area contributed by atoms with E-state index in [-0.39, 0.29) is 12.4 Å². The first kappa shape index (κ1) is 18.7.